The van der Waals surface area contributed by atoms with Crippen molar-refractivity contribution in [2.75, 3.05) is 13.1 Å². The Labute approximate surface area is 324 Å². The van der Waals surface area contributed by atoms with Crippen LogP contribution in [0.5, 0.6) is 0 Å². The second-order valence-corrected chi connectivity index (χ2v) is 14.2. The van der Waals surface area contributed by atoms with Crippen LogP contribution in [0, 0.1) is 5.92 Å². The third-order valence-corrected chi connectivity index (χ3v) is 10.6. The predicted molar refractivity (Wildman–Crippen MR) is 234 cm³/mol. The molecule has 0 amide bonds. The minimum Gasteiger partial charge on any atom is -0.404 e. The zero-order valence-corrected chi connectivity index (χ0v) is 31.0. The minimum atomic E-state index is 0.100. The normalized spacial score (nSPS) is 18.2. The van der Waals surface area contributed by atoms with Gasteiger partial charge in [-0.2, -0.15) is 0 Å². The van der Waals surface area contributed by atoms with E-state index in [9.17, 15) is 0 Å². The molecule has 0 fully saturated rings. The molecule has 0 spiro atoms. The van der Waals surface area contributed by atoms with Gasteiger partial charge in [-0.3, -0.25) is 15.0 Å². The first-order chi connectivity index (χ1) is 27.1. The van der Waals surface area contributed by atoms with Gasteiger partial charge < -0.3 is 11.1 Å². The molecule has 0 saturated heterocycles. The van der Waals surface area contributed by atoms with E-state index >= 15 is 0 Å². The van der Waals surface area contributed by atoms with Crippen LogP contribution in [0.4, 0.5) is 0 Å². The summed E-state index contributed by atoms with van der Waals surface area (Å²) in [6.45, 7) is 5.88. The van der Waals surface area contributed by atoms with Gasteiger partial charge in [-0.05, 0) is 177 Å². The van der Waals surface area contributed by atoms with Crippen molar-refractivity contribution >= 4 is 40.3 Å². The molecule has 0 bridgehead atoms. The summed E-state index contributed by atoms with van der Waals surface area (Å²) in [4.78, 5) is 13.5. The molecule has 1 aromatic heterocycles. The highest BCUT2D eigenvalue weighted by Crippen LogP contribution is 2.36. The summed E-state index contributed by atoms with van der Waals surface area (Å²) >= 11 is 0. The number of aliphatic imine (C=N–C) groups is 2. The topological polar surface area (TPSA) is 75.7 Å². The zero-order valence-electron chi connectivity index (χ0n) is 31.0. The molecule has 3 N–H and O–H groups in total. The lowest BCUT2D eigenvalue weighted by molar-refractivity contribution is 0.787. The summed E-state index contributed by atoms with van der Waals surface area (Å²) in [6, 6.07) is 26.5. The SMILES string of the molecule is C=C/C(=C\C(=C/N)C1C=C(c2cc(C3=CC=CNC3)cc(-c3cccnc3)c2)C=CC1)c1cccc(-c2cc(C3=CCCN=C3)cc(C3=CN=CCC3)c2)c1. The largest absolute Gasteiger partial charge is 0.404 e. The third-order valence-electron chi connectivity index (χ3n) is 10.6. The highest BCUT2D eigenvalue weighted by atomic mass is 14.8. The quantitative estimate of drug-likeness (QED) is 0.161. The summed E-state index contributed by atoms with van der Waals surface area (Å²) in [5.74, 6) is 0.100. The lowest BCUT2D eigenvalue weighted by atomic mass is 9.84. The number of hydrogen-bond acceptors (Lipinski definition) is 5. The minimum absolute atomic E-state index is 0.100. The van der Waals surface area contributed by atoms with Crippen LogP contribution in [-0.4, -0.2) is 30.5 Å². The Morgan fingerprint density at radius 3 is 2.36 bits per heavy atom. The first-order valence-corrected chi connectivity index (χ1v) is 19.1. The van der Waals surface area contributed by atoms with Gasteiger partial charge in [0.2, 0.25) is 0 Å². The van der Waals surface area contributed by atoms with E-state index in [1.54, 1.807) is 6.20 Å². The molecule has 4 aromatic rings. The Balaban J connectivity index is 1.12. The van der Waals surface area contributed by atoms with Crippen LogP contribution >= 0.6 is 0 Å². The Morgan fingerprint density at radius 1 is 0.836 bits per heavy atom. The van der Waals surface area contributed by atoms with E-state index in [0.29, 0.717) is 0 Å². The zero-order chi connectivity index (χ0) is 37.4. The molecule has 3 aromatic carbocycles. The number of benzene rings is 3. The Kier molecular flexibility index (Phi) is 10.7. The number of nitrogens with one attached hydrogen (secondary N) is 1. The van der Waals surface area contributed by atoms with E-state index in [0.717, 1.165) is 83.3 Å². The van der Waals surface area contributed by atoms with Crippen molar-refractivity contribution < 1.29 is 0 Å². The molecule has 1 aliphatic carbocycles. The molecule has 8 rings (SSSR count). The molecule has 5 nitrogen and oxygen atoms in total. The Hall–Kier alpha value is -6.59. The van der Waals surface area contributed by atoms with Gasteiger partial charge in [0.25, 0.3) is 0 Å². The Morgan fingerprint density at radius 2 is 1.64 bits per heavy atom. The number of hydrogen-bond donors (Lipinski definition) is 2. The second-order valence-electron chi connectivity index (χ2n) is 14.2. The van der Waals surface area contributed by atoms with Gasteiger partial charge in [-0.15, -0.1) is 0 Å². The third kappa shape index (κ3) is 8.17. The summed E-state index contributed by atoms with van der Waals surface area (Å²) in [5.41, 5.74) is 23.7. The van der Waals surface area contributed by atoms with E-state index in [2.05, 4.69) is 136 Å². The van der Waals surface area contributed by atoms with Crippen molar-refractivity contribution in [3.63, 3.8) is 0 Å². The van der Waals surface area contributed by atoms with E-state index in [1.807, 2.05) is 49.4 Å². The Bertz CT molecular complexity index is 2430. The van der Waals surface area contributed by atoms with Gasteiger partial charge in [0.1, 0.15) is 0 Å². The molecule has 0 saturated carbocycles. The van der Waals surface area contributed by atoms with Crippen molar-refractivity contribution in [2.45, 2.75) is 25.7 Å². The highest BCUT2D eigenvalue weighted by Gasteiger charge is 2.18. The van der Waals surface area contributed by atoms with E-state index in [1.165, 1.54) is 39.0 Å². The fourth-order valence-corrected chi connectivity index (χ4v) is 7.61. The average Bonchev–Trinajstić information content (AvgIpc) is 3.28. The van der Waals surface area contributed by atoms with Crippen LogP contribution < -0.4 is 11.1 Å². The maximum Gasteiger partial charge on any atom is 0.0424 e. The van der Waals surface area contributed by atoms with Crippen LogP contribution in [-0.2, 0) is 0 Å². The van der Waals surface area contributed by atoms with Gasteiger partial charge in [0, 0.05) is 55.6 Å². The number of nitrogens with two attached hydrogens (primary N) is 1. The lowest BCUT2D eigenvalue weighted by Crippen LogP contribution is -2.12. The number of pyridine rings is 1. The van der Waals surface area contributed by atoms with Gasteiger partial charge in [-0.25, -0.2) is 0 Å². The van der Waals surface area contributed by atoms with E-state index in [4.69, 9.17) is 5.73 Å². The molecule has 4 aliphatic rings. The molecule has 55 heavy (non-hydrogen) atoms. The number of nitrogens with zero attached hydrogens (tertiary/aromatic N) is 3. The first-order valence-electron chi connectivity index (χ1n) is 19.1. The van der Waals surface area contributed by atoms with Crippen molar-refractivity contribution in [3.05, 3.63) is 192 Å². The van der Waals surface area contributed by atoms with Gasteiger partial charge >= 0.3 is 0 Å². The summed E-state index contributed by atoms with van der Waals surface area (Å²) < 4.78 is 0. The summed E-state index contributed by atoms with van der Waals surface area (Å²) in [7, 11) is 0. The fourth-order valence-electron chi connectivity index (χ4n) is 7.61. The number of aromatic nitrogens is 1. The van der Waals surface area contributed by atoms with Crippen molar-refractivity contribution in [1.82, 2.24) is 10.3 Å². The van der Waals surface area contributed by atoms with Gasteiger partial charge in [0.15, 0.2) is 0 Å². The lowest BCUT2D eigenvalue weighted by Gasteiger charge is -2.21. The van der Waals surface area contributed by atoms with Gasteiger partial charge in [-0.1, -0.05) is 67.3 Å². The fraction of sp³-hybridized carbons (Fsp3) is 0.140. The molecule has 1 atom stereocenters. The molecular formula is C50H45N5. The van der Waals surface area contributed by atoms with Crippen molar-refractivity contribution in [2.24, 2.45) is 21.6 Å². The van der Waals surface area contributed by atoms with Gasteiger partial charge in [0.05, 0.1) is 0 Å². The monoisotopic (exact) mass is 715 g/mol. The van der Waals surface area contributed by atoms with Crippen LogP contribution in [0.25, 0.3) is 50.1 Å². The first kappa shape index (κ1) is 35.4. The molecular weight excluding hydrogens is 671 g/mol. The molecule has 3 aliphatic heterocycles. The second kappa shape index (κ2) is 16.6. The van der Waals surface area contributed by atoms with Crippen LogP contribution in [0.2, 0.25) is 0 Å². The van der Waals surface area contributed by atoms with E-state index < -0.39 is 0 Å². The van der Waals surface area contributed by atoms with Crippen LogP contribution in [0.3, 0.4) is 0 Å². The maximum atomic E-state index is 6.43. The number of rotatable bonds is 10. The van der Waals surface area contributed by atoms with Crippen molar-refractivity contribution in [3.8, 4) is 22.3 Å². The molecule has 0 radical (unpaired) electrons. The summed E-state index contributed by atoms with van der Waals surface area (Å²) in [6.07, 6.45) is 34.8. The standard InChI is InChI=1S/C50H45N5/c1-2-35(36-9-3-10-37(22-36)44-24-46(40-13-5-17-52-31-40)28-47(25-44)41-14-6-18-53-32-41)21-50(30-51)39-12-4-11-38(23-39)45-26-48(42-15-7-19-54-33-42)29-49(27-45)43-16-8-20-55-34-43/h2-4,7-11,13,15-16,18-33,39,55H,1,5-6,12,14,17,34,51H2/b35-21+,50-30+. The number of allylic oxidation sites excluding steroid dienone is 12. The smallest absolute Gasteiger partial charge is 0.0424 e. The van der Waals surface area contributed by atoms with E-state index in [-0.39, 0.29) is 5.92 Å². The maximum absolute atomic E-state index is 6.43. The average molecular weight is 716 g/mol. The predicted octanol–water partition coefficient (Wildman–Crippen LogP) is 11.1. The van der Waals surface area contributed by atoms with Crippen LogP contribution in [0.15, 0.2) is 175 Å². The van der Waals surface area contributed by atoms with Crippen molar-refractivity contribution in [1.29, 1.82) is 0 Å². The number of dihydropyridines is 2. The highest BCUT2D eigenvalue weighted by molar-refractivity contribution is 6.11. The molecule has 1 unspecified atom stereocenters. The van der Waals surface area contributed by atoms with Crippen LogP contribution in [0.1, 0.15) is 53.5 Å². The molecule has 4 heterocycles. The summed E-state index contributed by atoms with van der Waals surface area (Å²) in [5, 5.41) is 3.36. The molecule has 5 heteroatoms. The molecule has 270 valence electrons.